The first kappa shape index (κ1) is 20.4. The topological polar surface area (TPSA) is 39.7 Å². The van der Waals surface area contributed by atoms with E-state index in [-0.39, 0.29) is 29.0 Å². The van der Waals surface area contributed by atoms with Gasteiger partial charge in [0.2, 0.25) is 0 Å². The highest BCUT2D eigenvalue weighted by atomic mass is 127. The van der Waals surface area contributed by atoms with E-state index >= 15 is 0 Å². The smallest absolute Gasteiger partial charge is 0.191 e. The van der Waals surface area contributed by atoms with Gasteiger partial charge in [-0.15, -0.1) is 24.0 Å². The third kappa shape index (κ3) is 7.22. The first-order valence-electron chi connectivity index (χ1n) is 7.80. The van der Waals surface area contributed by atoms with Crippen molar-refractivity contribution in [2.75, 3.05) is 33.2 Å². The Morgan fingerprint density at radius 3 is 2.65 bits per heavy atom. The molecule has 7 heteroatoms. The van der Waals surface area contributed by atoms with Gasteiger partial charge in [-0.25, -0.2) is 4.39 Å². The number of benzene rings is 1. The second kappa shape index (κ2) is 11.0. The minimum Gasteiger partial charge on any atom is -0.355 e. The van der Waals surface area contributed by atoms with E-state index in [0.717, 1.165) is 24.6 Å². The van der Waals surface area contributed by atoms with Crippen molar-refractivity contribution in [3.05, 3.63) is 34.6 Å². The molecule has 0 spiro atoms. The van der Waals surface area contributed by atoms with Crippen LogP contribution in [0.1, 0.15) is 24.8 Å². The van der Waals surface area contributed by atoms with E-state index in [1.165, 1.54) is 38.4 Å². The summed E-state index contributed by atoms with van der Waals surface area (Å²) in [6.07, 6.45) is 3.96. The van der Waals surface area contributed by atoms with Crippen LogP contribution in [-0.4, -0.2) is 44.1 Å². The zero-order chi connectivity index (χ0) is 15.8. The molecule has 1 aromatic rings. The Morgan fingerprint density at radius 1 is 1.26 bits per heavy atom. The van der Waals surface area contributed by atoms with E-state index in [4.69, 9.17) is 11.6 Å². The number of nitrogens with one attached hydrogen (secondary N) is 2. The van der Waals surface area contributed by atoms with Crippen LogP contribution in [0.2, 0.25) is 5.02 Å². The summed E-state index contributed by atoms with van der Waals surface area (Å²) in [5.41, 5.74) is 0.922. The fourth-order valence-corrected chi connectivity index (χ4v) is 2.77. The van der Waals surface area contributed by atoms with Crippen molar-refractivity contribution < 1.29 is 4.39 Å². The Bertz CT molecular complexity index is 507. The summed E-state index contributed by atoms with van der Waals surface area (Å²) in [4.78, 5) is 6.67. The molecule has 2 rings (SSSR count). The van der Waals surface area contributed by atoms with Crippen LogP contribution in [0.5, 0.6) is 0 Å². The molecule has 0 bridgehead atoms. The molecule has 0 radical (unpaired) electrons. The maximum Gasteiger partial charge on any atom is 0.191 e. The van der Waals surface area contributed by atoms with Crippen molar-refractivity contribution in [1.82, 2.24) is 15.5 Å². The van der Waals surface area contributed by atoms with E-state index in [9.17, 15) is 4.39 Å². The Hall–Kier alpha value is -0.600. The molecule has 130 valence electrons. The molecule has 0 unspecified atom stereocenters. The number of hydrogen-bond donors (Lipinski definition) is 2. The number of guanidine groups is 1. The lowest BCUT2D eigenvalue weighted by molar-refractivity contribution is 0.232. The average molecular weight is 455 g/mol. The average Bonchev–Trinajstić information content (AvgIpc) is 2.55. The maximum absolute atomic E-state index is 13.1. The van der Waals surface area contributed by atoms with Gasteiger partial charge in [-0.3, -0.25) is 4.99 Å². The number of rotatable bonds is 5. The molecular formula is C16H25ClFIN4. The molecule has 2 N–H and O–H groups in total. The molecule has 1 aromatic carbocycles. The molecule has 4 nitrogen and oxygen atoms in total. The highest BCUT2D eigenvalue weighted by molar-refractivity contribution is 14.0. The summed E-state index contributed by atoms with van der Waals surface area (Å²) >= 11 is 5.78. The molecule has 1 heterocycles. The van der Waals surface area contributed by atoms with Gasteiger partial charge in [-0.05, 0) is 43.6 Å². The Kier molecular flexibility index (Phi) is 9.81. The molecule has 0 amide bonds. The number of aliphatic imine (C=N–C) groups is 1. The highest BCUT2D eigenvalue weighted by Crippen LogP contribution is 2.15. The first-order chi connectivity index (χ1) is 10.7. The lowest BCUT2D eigenvalue weighted by Crippen LogP contribution is -2.42. The molecule has 0 atom stereocenters. The van der Waals surface area contributed by atoms with Gasteiger partial charge in [0.25, 0.3) is 0 Å². The lowest BCUT2D eigenvalue weighted by atomic mass is 10.1. The molecule has 23 heavy (non-hydrogen) atoms. The van der Waals surface area contributed by atoms with Crippen LogP contribution in [0.4, 0.5) is 4.39 Å². The lowest BCUT2D eigenvalue weighted by Gasteiger charge is -2.26. The van der Waals surface area contributed by atoms with Gasteiger partial charge in [0.05, 0.1) is 5.02 Å². The summed E-state index contributed by atoms with van der Waals surface area (Å²) in [6, 6.07) is 4.73. The Labute approximate surface area is 159 Å². The summed E-state index contributed by atoms with van der Waals surface area (Å²) < 4.78 is 13.1. The third-order valence-corrected chi connectivity index (χ3v) is 4.13. The van der Waals surface area contributed by atoms with Gasteiger partial charge in [0.15, 0.2) is 5.96 Å². The van der Waals surface area contributed by atoms with E-state index in [2.05, 4.69) is 20.5 Å². The maximum atomic E-state index is 13.1. The second-order valence-electron chi connectivity index (χ2n) is 5.50. The first-order valence-corrected chi connectivity index (χ1v) is 8.17. The van der Waals surface area contributed by atoms with Crippen LogP contribution >= 0.6 is 35.6 Å². The van der Waals surface area contributed by atoms with Crippen molar-refractivity contribution in [3.8, 4) is 0 Å². The number of hydrogen-bond acceptors (Lipinski definition) is 2. The molecule has 1 aliphatic rings. The standard InChI is InChI=1S/C16H24ClFN4.HI/c1-19-16(20-7-10-22-8-3-2-4-9-22)21-12-13-5-6-15(18)14(17)11-13;/h5-6,11H,2-4,7-10,12H2,1H3,(H2,19,20,21);1H. The largest absolute Gasteiger partial charge is 0.355 e. The van der Waals surface area contributed by atoms with Gasteiger partial charge in [0, 0.05) is 26.7 Å². The fraction of sp³-hybridized carbons (Fsp3) is 0.562. The van der Waals surface area contributed by atoms with Gasteiger partial charge in [0.1, 0.15) is 5.82 Å². The third-order valence-electron chi connectivity index (χ3n) is 3.84. The molecule has 1 fully saturated rings. The van der Waals surface area contributed by atoms with Crippen molar-refractivity contribution in [3.63, 3.8) is 0 Å². The normalized spacial score (nSPS) is 15.9. The van der Waals surface area contributed by atoms with Crippen LogP contribution in [0.15, 0.2) is 23.2 Å². The van der Waals surface area contributed by atoms with Crippen molar-refractivity contribution in [2.24, 2.45) is 4.99 Å². The number of piperidine rings is 1. The van der Waals surface area contributed by atoms with Crippen LogP contribution in [0.25, 0.3) is 0 Å². The van der Waals surface area contributed by atoms with Gasteiger partial charge in [-0.2, -0.15) is 0 Å². The van der Waals surface area contributed by atoms with Crippen molar-refractivity contribution >= 4 is 41.5 Å². The zero-order valence-corrected chi connectivity index (χ0v) is 16.5. The summed E-state index contributed by atoms with van der Waals surface area (Å²) in [5, 5.41) is 6.66. The Balaban J connectivity index is 0.00000264. The minimum absolute atomic E-state index is 0. The molecule has 0 aliphatic carbocycles. The van der Waals surface area contributed by atoms with E-state index in [1.807, 2.05) is 0 Å². The quantitative estimate of drug-likeness (QED) is 0.408. The molecule has 1 aliphatic heterocycles. The van der Waals surface area contributed by atoms with Gasteiger partial charge in [-0.1, -0.05) is 24.1 Å². The van der Waals surface area contributed by atoms with E-state index in [1.54, 1.807) is 19.2 Å². The van der Waals surface area contributed by atoms with E-state index in [0.29, 0.717) is 6.54 Å². The molecule has 1 saturated heterocycles. The molecule has 0 aromatic heterocycles. The van der Waals surface area contributed by atoms with Crippen LogP contribution < -0.4 is 10.6 Å². The van der Waals surface area contributed by atoms with Crippen molar-refractivity contribution in [1.29, 1.82) is 0 Å². The Morgan fingerprint density at radius 2 is 2.00 bits per heavy atom. The molecule has 0 saturated carbocycles. The number of nitrogens with zero attached hydrogens (tertiary/aromatic N) is 2. The van der Waals surface area contributed by atoms with Crippen molar-refractivity contribution in [2.45, 2.75) is 25.8 Å². The van der Waals surface area contributed by atoms with Gasteiger partial charge >= 0.3 is 0 Å². The highest BCUT2D eigenvalue weighted by Gasteiger charge is 2.09. The number of likely N-dealkylation sites (tertiary alicyclic amines) is 1. The van der Waals surface area contributed by atoms with E-state index < -0.39 is 5.82 Å². The van der Waals surface area contributed by atoms with Crippen LogP contribution in [-0.2, 0) is 6.54 Å². The zero-order valence-electron chi connectivity index (χ0n) is 13.4. The van der Waals surface area contributed by atoms with Gasteiger partial charge < -0.3 is 15.5 Å². The molecular weight excluding hydrogens is 430 g/mol. The predicted octanol–water partition coefficient (Wildman–Crippen LogP) is 3.25. The predicted molar refractivity (Wildman–Crippen MR) is 105 cm³/mol. The summed E-state index contributed by atoms with van der Waals surface area (Å²) in [5.74, 6) is 0.354. The fourth-order valence-electron chi connectivity index (χ4n) is 2.57. The SMILES string of the molecule is CN=C(NCCN1CCCCC1)NCc1ccc(F)c(Cl)c1.I. The summed E-state index contributed by atoms with van der Waals surface area (Å²) in [6.45, 7) is 4.85. The van der Waals surface area contributed by atoms with Crippen LogP contribution in [0.3, 0.4) is 0 Å². The second-order valence-corrected chi connectivity index (χ2v) is 5.91. The number of halogens is 3. The minimum atomic E-state index is -0.394. The monoisotopic (exact) mass is 454 g/mol. The van der Waals surface area contributed by atoms with Crippen LogP contribution in [0, 0.1) is 5.82 Å². The summed E-state index contributed by atoms with van der Waals surface area (Å²) in [7, 11) is 1.74.